The first kappa shape index (κ1) is 14.8. The summed E-state index contributed by atoms with van der Waals surface area (Å²) in [5, 5.41) is 3.51. The van der Waals surface area contributed by atoms with E-state index in [9.17, 15) is 4.79 Å². The SMILES string of the molecule is CCc1ccc2nc(NC(=O)c3c(C)oc(C)c3C)sc2c1. The van der Waals surface area contributed by atoms with Crippen molar-refractivity contribution in [3.05, 3.63) is 46.4 Å². The molecule has 22 heavy (non-hydrogen) atoms. The number of benzene rings is 1. The quantitative estimate of drug-likeness (QED) is 0.767. The molecule has 0 aliphatic carbocycles. The van der Waals surface area contributed by atoms with Gasteiger partial charge in [-0.05, 0) is 44.9 Å². The molecule has 3 aromatic rings. The van der Waals surface area contributed by atoms with Crippen LogP contribution in [0.3, 0.4) is 0 Å². The number of fused-ring (bicyclic) bond motifs is 1. The third kappa shape index (κ3) is 2.52. The molecular weight excluding hydrogens is 296 g/mol. The van der Waals surface area contributed by atoms with Gasteiger partial charge in [-0.25, -0.2) is 4.98 Å². The van der Waals surface area contributed by atoms with Crippen molar-refractivity contribution in [2.75, 3.05) is 5.32 Å². The minimum Gasteiger partial charge on any atom is -0.466 e. The van der Waals surface area contributed by atoms with Gasteiger partial charge >= 0.3 is 0 Å². The maximum absolute atomic E-state index is 12.5. The smallest absolute Gasteiger partial charge is 0.261 e. The van der Waals surface area contributed by atoms with Gasteiger partial charge < -0.3 is 4.42 Å². The summed E-state index contributed by atoms with van der Waals surface area (Å²) in [5.74, 6) is 1.25. The number of thiazole rings is 1. The molecular formula is C17H18N2O2S. The van der Waals surface area contributed by atoms with E-state index in [0.717, 1.165) is 28.0 Å². The van der Waals surface area contributed by atoms with Crippen LogP contribution in [0.5, 0.6) is 0 Å². The molecule has 0 unspecified atom stereocenters. The molecule has 0 aliphatic heterocycles. The van der Waals surface area contributed by atoms with Gasteiger partial charge in [0.05, 0.1) is 15.8 Å². The van der Waals surface area contributed by atoms with Gasteiger partial charge in [-0.3, -0.25) is 10.1 Å². The predicted molar refractivity (Wildman–Crippen MR) is 89.9 cm³/mol. The standard InChI is InChI=1S/C17H18N2O2S/c1-5-12-6-7-13-14(8-12)22-17(18-13)19-16(20)15-9(2)10(3)21-11(15)4/h6-8H,5H2,1-4H3,(H,18,19,20). The highest BCUT2D eigenvalue weighted by atomic mass is 32.1. The molecule has 1 N–H and O–H groups in total. The normalized spacial score (nSPS) is 11.1. The van der Waals surface area contributed by atoms with E-state index in [4.69, 9.17) is 4.42 Å². The zero-order chi connectivity index (χ0) is 15.9. The third-order valence-electron chi connectivity index (χ3n) is 3.87. The number of amides is 1. The zero-order valence-corrected chi connectivity index (χ0v) is 13.9. The van der Waals surface area contributed by atoms with Gasteiger partial charge in [0.15, 0.2) is 5.13 Å². The number of aryl methyl sites for hydroxylation is 3. The van der Waals surface area contributed by atoms with Crippen LogP contribution < -0.4 is 5.32 Å². The van der Waals surface area contributed by atoms with Crippen LogP contribution in [0, 0.1) is 20.8 Å². The maximum Gasteiger partial charge on any atom is 0.261 e. The number of nitrogens with zero attached hydrogens (tertiary/aromatic N) is 1. The average Bonchev–Trinajstić information content (AvgIpc) is 2.98. The second kappa shape index (κ2) is 5.57. The fraction of sp³-hybridized carbons (Fsp3) is 0.294. The fourth-order valence-electron chi connectivity index (χ4n) is 2.53. The molecule has 4 nitrogen and oxygen atoms in total. The van der Waals surface area contributed by atoms with Crippen molar-refractivity contribution in [3.8, 4) is 0 Å². The lowest BCUT2D eigenvalue weighted by molar-refractivity contribution is 0.102. The largest absolute Gasteiger partial charge is 0.466 e. The van der Waals surface area contributed by atoms with E-state index < -0.39 is 0 Å². The van der Waals surface area contributed by atoms with Crippen LogP contribution in [-0.2, 0) is 6.42 Å². The number of nitrogens with one attached hydrogen (secondary N) is 1. The number of rotatable bonds is 3. The number of anilines is 1. The Balaban J connectivity index is 1.91. The molecule has 2 heterocycles. The van der Waals surface area contributed by atoms with Crippen molar-refractivity contribution < 1.29 is 9.21 Å². The van der Waals surface area contributed by atoms with Crippen LogP contribution in [0.4, 0.5) is 5.13 Å². The summed E-state index contributed by atoms with van der Waals surface area (Å²) >= 11 is 1.49. The molecule has 0 fully saturated rings. The van der Waals surface area contributed by atoms with Crippen LogP contribution in [0.2, 0.25) is 0 Å². The van der Waals surface area contributed by atoms with Crippen molar-refractivity contribution in [2.45, 2.75) is 34.1 Å². The second-order valence-electron chi connectivity index (χ2n) is 5.34. The summed E-state index contributed by atoms with van der Waals surface area (Å²) in [6, 6.07) is 6.20. The summed E-state index contributed by atoms with van der Waals surface area (Å²) in [6.07, 6.45) is 0.988. The van der Waals surface area contributed by atoms with Gasteiger partial charge in [-0.2, -0.15) is 0 Å². The average molecular weight is 314 g/mol. The lowest BCUT2D eigenvalue weighted by atomic mass is 10.1. The molecule has 3 rings (SSSR count). The van der Waals surface area contributed by atoms with E-state index >= 15 is 0 Å². The topological polar surface area (TPSA) is 55.1 Å². The Morgan fingerprint density at radius 1 is 1.27 bits per heavy atom. The van der Waals surface area contributed by atoms with E-state index in [0.29, 0.717) is 16.5 Å². The molecule has 0 bridgehead atoms. The first-order valence-electron chi connectivity index (χ1n) is 7.27. The Labute approximate surface area is 133 Å². The van der Waals surface area contributed by atoms with Gasteiger partial charge in [0.2, 0.25) is 0 Å². The zero-order valence-electron chi connectivity index (χ0n) is 13.1. The Kier molecular flexibility index (Phi) is 3.74. The van der Waals surface area contributed by atoms with E-state index in [2.05, 4.69) is 29.4 Å². The van der Waals surface area contributed by atoms with Crippen LogP contribution in [0.15, 0.2) is 22.6 Å². The molecule has 5 heteroatoms. The maximum atomic E-state index is 12.5. The van der Waals surface area contributed by atoms with Gasteiger partial charge in [0.1, 0.15) is 11.5 Å². The highest BCUT2D eigenvalue weighted by Gasteiger charge is 2.19. The van der Waals surface area contributed by atoms with E-state index in [1.54, 1.807) is 6.92 Å². The summed E-state index contributed by atoms with van der Waals surface area (Å²) in [7, 11) is 0. The third-order valence-corrected chi connectivity index (χ3v) is 4.80. The first-order chi connectivity index (χ1) is 10.5. The number of hydrogen-bond donors (Lipinski definition) is 1. The molecule has 1 aromatic carbocycles. The Morgan fingerprint density at radius 2 is 2.05 bits per heavy atom. The number of furan rings is 1. The Hall–Kier alpha value is -2.14. The molecule has 2 aromatic heterocycles. The van der Waals surface area contributed by atoms with E-state index in [1.807, 2.05) is 19.9 Å². The number of carbonyl (C=O) groups is 1. The molecule has 0 atom stereocenters. The van der Waals surface area contributed by atoms with Crippen molar-refractivity contribution in [1.29, 1.82) is 0 Å². The first-order valence-corrected chi connectivity index (χ1v) is 8.08. The lowest BCUT2D eigenvalue weighted by Gasteiger charge is -2.01. The lowest BCUT2D eigenvalue weighted by Crippen LogP contribution is -2.13. The molecule has 0 radical (unpaired) electrons. The van der Waals surface area contributed by atoms with Crippen molar-refractivity contribution in [1.82, 2.24) is 4.98 Å². The van der Waals surface area contributed by atoms with E-state index in [-0.39, 0.29) is 5.91 Å². The number of carbonyl (C=O) groups excluding carboxylic acids is 1. The number of hydrogen-bond acceptors (Lipinski definition) is 4. The summed E-state index contributed by atoms with van der Waals surface area (Å²) in [4.78, 5) is 16.9. The van der Waals surface area contributed by atoms with Crippen molar-refractivity contribution in [2.24, 2.45) is 0 Å². The summed E-state index contributed by atoms with van der Waals surface area (Å²) < 4.78 is 6.60. The van der Waals surface area contributed by atoms with Crippen molar-refractivity contribution >= 4 is 32.6 Å². The van der Waals surface area contributed by atoms with Gasteiger partial charge in [0, 0.05) is 5.56 Å². The molecule has 0 spiro atoms. The molecule has 0 saturated heterocycles. The molecule has 1 amide bonds. The predicted octanol–water partition coefficient (Wildman–Crippen LogP) is 4.63. The van der Waals surface area contributed by atoms with Crippen molar-refractivity contribution in [3.63, 3.8) is 0 Å². The van der Waals surface area contributed by atoms with Crippen LogP contribution in [0.1, 0.15) is 39.9 Å². The fourth-order valence-corrected chi connectivity index (χ4v) is 3.45. The summed E-state index contributed by atoms with van der Waals surface area (Å²) in [5.41, 5.74) is 3.66. The Morgan fingerprint density at radius 3 is 2.68 bits per heavy atom. The molecule has 114 valence electrons. The highest BCUT2D eigenvalue weighted by Crippen LogP contribution is 2.28. The Bertz CT molecular complexity index is 861. The minimum atomic E-state index is -0.165. The monoisotopic (exact) mass is 314 g/mol. The summed E-state index contributed by atoms with van der Waals surface area (Å²) in [6.45, 7) is 7.69. The number of aromatic nitrogens is 1. The van der Waals surface area contributed by atoms with Crippen LogP contribution >= 0.6 is 11.3 Å². The van der Waals surface area contributed by atoms with Crippen LogP contribution in [-0.4, -0.2) is 10.9 Å². The second-order valence-corrected chi connectivity index (χ2v) is 6.37. The van der Waals surface area contributed by atoms with Gasteiger partial charge in [-0.1, -0.05) is 24.3 Å². The molecule has 0 saturated carbocycles. The van der Waals surface area contributed by atoms with Crippen LogP contribution in [0.25, 0.3) is 10.2 Å². The van der Waals surface area contributed by atoms with E-state index in [1.165, 1.54) is 16.9 Å². The molecule has 0 aliphatic rings. The van der Waals surface area contributed by atoms with Gasteiger partial charge in [-0.15, -0.1) is 0 Å². The van der Waals surface area contributed by atoms with Gasteiger partial charge in [0.25, 0.3) is 5.91 Å². The minimum absolute atomic E-state index is 0.165. The highest BCUT2D eigenvalue weighted by molar-refractivity contribution is 7.22.